The van der Waals surface area contributed by atoms with Crippen molar-refractivity contribution in [2.45, 2.75) is 31.2 Å². The van der Waals surface area contributed by atoms with E-state index in [2.05, 4.69) is 4.72 Å². The molecule has 0 saturated carbocycles. The van der Waals surface area contributed by atoms with Gasteiger partial charge in [-0.05, 0) is 44.0 Å². The highest BCUT2D eigenvalue weighted by atomic mass is 32.2. The summed E-state index contributed by atoms with van der Waals surface area (Å²) in [7, 11) is -3.88. The van der Waals surface area contributed by atoms with Crippen LogP contribution in [-0.2, 0) is 16.4 Å². The lowest BCUT2D eigenvalue weighted by Gasteiger charge is -2.23. The first-order valence-electron chi connectivity index (χ1n) is 7.39. The highest BCUT2D eigenvalue weighted by molar-refractivity contribution is 7.90. The van der Waals surface area contributed by atoms with E-state index in [0.29, 0.717) is 6.42 Å². The SMILES string of the molecule is Cc1ccc(S(=O)(=O)NC(=O)N2c3ccccc3C[C@@H]2C)cc1. The third kappa shape index (κ3) is 2.94. The molecule has 0 saturated heterocycles. The second kappa shape index (κ2) is 5.70. The third-order valence-corrected chi connectivity index (χ3v) is 5.32. The van der Waals surface area contributed by atoms with Crippen LogP contribution in [0.25, 0.3) is 0 Å². The minimum absolute atomic E-state index is 0.0802. The first-order valence-corrected chi connectivity index (χ1v) is 8.87. The molecule has 23 heavy (non-hydrogen) atoms. The Labute approximate surface area is 136 Å². The highest BCUT2D eigenvalue weighted by Gasteiger charge is 2.32. The van der Waals surface area contributed by atoms with Crippen LogP contribution in [0.15, 0.2) is 53.4 Å². The summed E-state index contributed by atoms with van der Waals surface area (Å²) in [5, 5.41) is 0. The van der Waals surface area contributed by atoms with Gasteiger partial charge in [-0.25, -0.2) is 17.9 Å². The number of fused-ring (bicyclic) bond motifs is 1. The zero-order valence-corrected chi connectivity index (χ0v) is 13.8. The summed E-state index contributed by atoms with van der Waals surface area (Å²) in [6.45, 7) is 3.77. The molecule has 0 radical (unpaired) electrons. The van der Waals surface area contributed by atoms with Crippen molar-refractivity contribution in [3.05, 3.63) is 59.7 Å². The van der Waals surface area contributed by atoms with E-state index in [1.807, 2.05) is 38.1 Å². The molecule has 5 nitrogen and oxygen atoms in total. The van der Waals surface area contributed by atoms with Crippen molar-refractivity contribution >= 4 is 21.7 Å². The maximum absolute atomic E-state index is 12.5. The van der Waals surface area contributed by atoms with Crippen molar-refractivity contribution in [1.82, 2.24) is 4.72 Å². The Kier molecular flexibility index (Phi) is 3.85. The number of rotatable bonds is 2. The van der Waals surface area contributed by atoms with Crippen LogP contribution >= 0.6 is 0 Å². The number of aryl methyl sites for hydroxylation is 1. The van der Waals surface area contributed by atoms with E-state index < -0.39 is 16.1 Å². The number of carbonyl (C=O) groups is 1. The van der Waals surface area contributed by atoms with Gasteiger partial charge in [0.05, 0.1) is 4.90 Å². The smallest absolute Gasteiger partial charge is 0.290 e. The number of benzene rings is 2. The number of sulfonamides is 1. The summed E-state index contributed by atoms with van der Waals surface area (Å²) in [6, 6.07) is 13.2. The van der Waals surface area contributed by atoms with E-state index in [9.17, 15) is 13.2 Å². The van der Waals surface area contributed by atoms with E-state index in [0.717, 1.165) is 16.8 Å². The zero-order chi connectivity index (χ0) is 16.6. The molecule has 1 heterocycles. The molecule has 2 aromatic rings. The van der Waals surface area contributed by atoms with Crippen molar-refractivity contribution in [2.24, 2.45) is 0 Å². The number of carbonyl (C=O) groups excluding carboxylic acids is 1. The fraction of sp³-hybridized carbons (Fsp3) is 0.235. The fourth-order valence-corrected chi connectivity index (χ4v) is 3.76. The Morgan fingerprint density at radius 3 is 2.48 bits per heavy atom. The van der Waals surface area contributed by atoms with E-state index in [1.165, 1.54) is 17.0 Å². The number of para-hydroxylation sites is 1. The van der Waals surface area contributed by atoms with E-state index in [-0.39, 0.29) is 10.9 Å². The molecule has 0 bridgehead atoms. The van der Waals surface area contributed by atoms with Crippen LogP contribution in [0.1, 0.15) is 18.1 Å². The van der Waals surface area contributed by atoms with Gasteiger partial charge in [0.15, 0.2) is 0 Å². The number of nitrogens with one attached hydrogen (secondary N) is 1. The quantitative estimate of drug-likeness (QED) is 0.921. The second-order valence-corrected chi connectivity index (χ2v) is 7.46. The summed E-state index contributed by atoms with van der Waals surface area (Å²) in [6.07, 6.45) is 0.716. The number of amides is 2. The Morgan fingerprint density at radius 1 is 1.13 bits per heavy atom. The van der Waals surface area contributed by atoms with Crippen molar-refractivity contribution in [3.8, 4) is 0 Å². The Hall–Kier alpha value is -2.34. The van der Waals surface area contributed by atoms with Gasteiger partial charge in [-0.15, -0.1) is 0 Å². The number of urea groups is 1. The molecule has 120 valence electrons. The van der Waals surface area contributed by atoms with Gasteiger partial charge in [-0.1, -0.05) is 35.9 Å². The van der Waals surface area contributed by atoms with Crippen molar-refractivity contribution in [1.29, 1.82) is 0 Å². The minimum Gasteiger partial charge on any atom is -0.290 e. The van der Waals surface area contributed by atoms with Crippen LogP contribution in [0.5, 0.6) is 0 Å². The largest absolute Gasteiger partial charge is 0.336 e. The number of hydrogen-bond donors (Lipinski definition) is 1. The molecule has 2 amide bonds. The fourth-order valence-electron chi connectivity index (χ4n) is 2.82. The molecule has 0 spiro atoms. The molecule has 0 unspecified atom stereocenters. The van der Waals surface area contributed by atoms with Gasteiger partial charge in [-0.2, -0.15) is 0 Å². The predicted octanol–water partition coefficient (Wildman–Crippen LogP) is 2.84. The first kappa shape index (κ1) is 15.6. The number of nitrogens with zero attached hydrogens (tertiary/aromatic N) is 1. The summed E-state index contributed by atoms with van der Waals surface area (Å²) in [5.41, 5.74) is 2.76. The number of anilines is 1. The summed E-state index contributed by atoms with van der Waals surface area (Å²) in [5.74, 6) is 0. The van der Waals surface area contributed by atoms with Gasteiger partial charge in [0.2, 0.25) is 0 Å². The normalized spacial score (nSPS) is 17.0. The van der Waals surface area contributed by atoms with E-state index in [4.69, 9.17) is 0 Å². The molecule has 1 N–H and O–H groups in total. The molecule has 0 aliphatic carbocycles. The van der Waals surface area contributed by atoms with Crippen LogP contribution < -0.4 is 9.62 Å². The van der Waals surface area contributed by atoms with Gasteiger partial charge >= 0.3 is 6.03 Å². The van der Waals surface area contributed by atoms with Crippen LogP contribution in [0, 0.1) is 6.92 Å². The average molecular weight is 330 g/mol. The molecule has 1 atom stereocenters. The van der Waals surface area contributed by atoms with E-state index >= 15 is 0 Å². The lowest BCUT2D eigenvalue weighted by Crippen LogP contribution is -2.45. The summed E-state index contributed by atoms with van der Waals surface area (Å²) >= 11 is 0. The van der Waals surface area contributed by atoms with Gasteiger partial charge in [0.25, 0.3) is 10.0 Å². The van der Waals surface area contributed by atoms with Crippen LogP contribution in [-0.4, -0.2) is 20.5 Å². The van der Waals surface area contributed by atoms with Crippen molar-refractivity contribution < 1.29 is 13.2 Å². The molecule has 1 aliphatic heterocycles. The van der Waals surface area contributed by atoms with Crippen LogP contribution in [0.4, 0.5) is 10.5 Å². The van der Waals surface area contributed by atoms with Crippen molar-refractivity contribution in [2.75, 3.05) is 4.90 Å². The summed E-state index contributed by atoms with van der Waals surface area (Å²) < 4.78 is 26.9. The zero-order valence-electron chi connectivity index (χ0n) is 13.0. The first-order chi connectivity index (χ1) is 10.9. The molecule has 0 aromatic heterocycles. The Bertz CT molecular complexity index is 844. The van der Waals surface area contributed by atoms with Crippen LogP contribution in [0.2, 0.25) is 0 Å². The average Bonchev–Trinajstić information content (AvgIpc) is 2.83. The monoisotopic (exact) mass is 330 g/mol. The molecular weight excluding hydrogens is 312 g/mol. The van der Waals surface area contributed by atoms with Crippen molar-refractivity contribution in [3.63, 3.8) is 0 Å². The molecule has 1 aliphatic rings. The molecular formula is C17H18N2O3S. The minimum atomic E-state index is -3.88. The lowest BCUT2D eigenvalue weighted by molar-refractivity contribution is 0.250. The topological polar surface area (TPSA) is 66.5 Å². The third-order valence-electron chi connectivity index (χ3n) is 3.98. The molecule has 2 aromatic carbocycles. The second-order valence-electron chi connectivity index (χ2n) is 5.78. The lowest BCUT2D eigenvalue weighted by atomic mass is 10.1. The standard InChI is InChI=1S/C17H18N2O3S/c1-12-7-9-15(10-8-12)23(21,22)18-17(20)19-13(2)11-14-5-3-4-6-16(14)19/h3-10,13H,11H2,1-2H3,(H,18,20)/t13-/m0/s1. The Morgan fingerprint density at radius 2 is 1.78 bits per heavy atom. The molecule has 0 fully saturated rings. The van der Waals surface area contributed by atoms with Gasteiger partial charge in [0.1, 0.15) is 0 Å². The van der Waals surface area contributed by atoms with Gasteiger partial charge in [-0.3, -0.25) is 4.90 Å². The van der Waals surface area contributed by atoms with E-state index in [1.54, 1.807) is 12.1 Å². The Balaban J connectivity index is 1.86. The number of hydrogen-bond acceptors (Lipinski definition) is 3. The molecule has 3 rings (SSSR count). The van der Waals surface area contributed by atoms with Crippen LogP contribution in [0.3, 0.4) is 0 Å². The predicted molar refractivity (Wildman–Crippen MR) is 89.0 cm³/mol. The maximum atomic E-state index is 12.5. The maximum Gasteiger partial charge on any atom is 0.336 e. The van der Waals surface area contributed by atoms with Gasteiger partial charge in [0, 0.05) is 11.7 Å². The van der Waals surface area contributed by atoms with Gasteiger partial charge < -0.3 is 0 Å². The molecule has 6 heteroatoms. The summed E-state index contributed by atoms with van der Waals surface area (Å²) in [4.78, 5) is 14.1. The highest BCUT2D eigenvalue weighted by Crippen LogP contribution is 2.31.